The van der Waals surface area contributed by atoms with Crippen LogP contribution in [0.15, 0.2) is 12.3 Å². The van der Waals surface area contributed by atoms with E-state index in [2.05, 4.69) is 26.4 Å². The Morgan fingerprint density at radius 2 is 2.05 bits per heavy atom. The molecule has 0 spiro atoms. The van der Waals surface area contributed by atoms with Gasteiger partial charge in [-0.2, -0.15) is 5.10 Å². The number of aryl methyl sites for hydroxylation is 2. The smallest absolute Gasteiger partial charge is 0.157 e. The maximum atomic E-state index is 4.52. The standard InChI is InChI=1S/C16H25N5/c1-13-15-10-14(12-18-16(15)20(2)19-13)11-17-6-9-21-7-4-3-5-8-21/h10,12,17H,3-9,11H2,1-2H3. The van der Waals surface area contributed by atoms with Crippen LogP contribution in [0.1, 0.15) is 30.5 Å². The van der Waals surface area contributed by atoms with Crippen molar-refractivity contribution in [2.24, 2.45) is 7.05 Å². The molecule has 0 aliphatic carbocycles. The maximum Gasteiger partial charge on any atom is 0.157 e. The minimum atomic E-state index is 0.880. The topological polar surface area (TPSA) is 46.0 Å². The Morgan fingerprint density at radius 1 is 1.24 bits per heavy atom. The molecule has 1 aliphatic heterocycles. The summed E-state index contributed by atoms with van der Waals surface area (Å²) in [6.07, 6.45) is 6.08. The molecule has 0 amide bonds. The Kier molecular flexibility index (Phi) is 4.51. The Balaban J connectivity index is 1.52. The lowest BCUT2D eigenvalue weighted by Gasteiger charge is -2.26. The number of rotatable bonds is 5. The Labute approximate surface area is 126 Å². The van der Waals surface area contributed by atoms with Crippen molar-refractivity contribution in [1.82, 2.24) is 25.0 Å². The van der Waals surface area contributed by atoms with Gasteiger partial charge in [0.1, 0.15) is 0 Å². The molecule has 1 fully saturated rings. The average molecular weight is 287 g/mol. The molecule has 2 aromatic rings. The van der Waals surface area contributed by atoms with Gasteiger partial charge in [0, 0.05) is 38.3 Å². The fraction of sp³-hybridized carbons (Fsp3) is 0.625. The van der Waals surface area contributed by atoms with E-state index in [0.717, 1.165) is 36.4 Å². The zero-order valence-corrected chi connectivity index (χ0v) is 13.1. The minimum Gasteiger partial charge on any atom is -0.311 e. The lowest BCUT2D eigenvalue weighted by molar-refractivity contribution is 0.229. The Morgan fingerprint density at radius 3 is 2.86 bits per heavy atom. The molecule has 1 saturated heterocycles. The highest BCUT2D eigenvalue weighted by Gasteiger charge is 2.09. The molecular weight excluding hydrogens is 262 g/mol. The van der Waals surface area contributed by atoms with E-state index >= 15 is 0 Å². The fourth-order valence-electron chi connectivity index (χ4n) is 3.10. The monoisotopic (exact) mass is 287 g/mol. The van der Waals surface area contributed by atoms with Crippen molar-refractivity contribution in [2.75, 3.05) is 26.2 Å². The summed E-state index contributed by atoms with van der Waals surface area (Å²) in [5.41, 5.74) is 3.25. The van der Waals surface area contributed by atoms with E-state index in [4.69, 9.17) is 0 Å². The highest BCUT2D eigenvalue weighted by molar-refractivity contribution is 5.78. The van der Waals surface area contributed by atoms with Crippen LogP contribution < -0.4 is 5.32 Å². The van der Waals surface area contributed by atoms with Crippen LogP contribution in [-0.2, 0) is 13.6 Å². The summed E-state index contributed by atoms with van der Waals surface area (Å²) in [5, 5.41) is 9.11. The second-order valence-corrected chi connectivity index (χ2v) is 6.00. The molecule has 0 bridgehead atoms. The molecule has 114 valence electrons. The Bertz CT molecular complexity index is 598. The van der Waals surface area contributed by atoms with E-state index in [-0.39, 0.29) is 0 Å². The van der Waals surface area contributed by atoms with Crippen molar-refractivity contribution < 1.29 is 0 Å². The van der Waals surface area contributed by atoms with E-state index in [9.17, 15) is 0 Å². The first kappa shape index (κ1) is 14.5. The van der Waals surface area contributed by atoms with Gasteiger partial charge in [-0.1, -0.05) is 6.42 Å². The van der Waals surface area contributed by atoms with Crippen molar-refractivity contribution in [3.63, 3.8) is 0 Å². The van der Waals surface area contributed by atoms with E-state index in [1.54, 1.807) is 0 Å². The van der Waals surface area contributed by atoms with E-state index in [1.165, 1.54) is 37.9 Å². The van der Waals surface area contributed by atoms with Crippen molar-refractivity contribution >= 4 is 11.0 Å². The number of fused-ring (bicyclic) bond motifs is 1. The summed E-state index contributed by atoms with van der Waals surface area (Å²) in [4.78, 5) is 7.08. The number of pyridine rings is 1. The number of hydrogen-bond donors (Lipinski definition) is 1. The molecule has 1 aliphatic rings. The largest absolute Gasteiger partial charge is 0.311 e. The van der Waals surface area contributed by atoms with Crippen LogP contribution >= 0.6 is 0 Å². The number of nitrogens with zero attached hydrogens (tertiary/aromatic N) is 4. The van der Waals surface area contributed by atoms with Crippen LogP contribution in [0.5, 0.6) is 0 Å². The first-order valence-corrected chi connectivity index (χ1v) is 7.95. The first-order valence-electron chi connectivity index (χ1n) is 7.95. The molecule has 0 saturated carbocycles. The number of aromatic nitrogens is 3. The molecule has 3 heterocycles. The maximum absolute atomic E-state index is 4.52. The molecule has 3 rings (SSSR count). The van der Waals surface area contributed by atoms with Crippen molar-refractivity contribution in [1.29, 1.82) is 0 Å². The number of hydrogen-bond acceptors (Lipinski definition) is 4. The number of nitrogens with one attached hydrogen (secondary N) is 1. The van der Waals surface area contributed by atoms with Crippen molar-refractivity contribution in [3.05, 3.63) is 23.5 Å². The van der Waals surface area contributed by atoms with Gasteiger partial charge in [0.05, 0.1) is 5.69 Å². The second-order valence-electron chi connectivity index (χ2n) is 6.00. The normalized spacial score (nSPS) is 16.7. The van der Waals surface area contributed by atoms with Gasteiger partial charge in [-0.25, -0.2) is 4.98 Å². The molecule has 21 heavy (non-hydrogen) atoms. The zero-order valence-electron chi connectivity index (χ0n) is 13.1. The SMILES string of the molecule is Cc1nn(C)c2ncc(CNCCN3CCCCC3)cc12. The molecule has 0 radical (unpaired) electrons. The zero-order chi connectivity index (χ0) is 14.7. The molecule has 0 aromatic carbocycles. The fourth-order valence-corrected chi connectivity index (χ4v) is 3.10. The highest BCUT2D eigenvalue weighted by atomic mass is 15.3. The Hall–Kier alpha value is -1.46. The predicted octanol–water partition coefficient (Wildman–Crippen LogP) is 1.85. The van der Waals surface area contributed by atoms with Gasteiger partial charge in [-0.15, -0.1) is 0 Å². The van der Waals surface area contributed by atoms with Gasteiger partial charge in [0.15, 0.2) is 5.65 Å². The third-order valence-corrected chi connectivity index (χ3v) is 4.30. The lowest BCUT2D eigenvalue weighted by atomic mass is 10.1. The van der Waals surface area contributed by atoms with Gasteiger partial charge in [-0.3, -0.25) is 4.68 Å². The van der Waals surface area contributed by atoms with Crippen LogP contribution in [0.25, 0.3) is 11.0 Å². The van der Waals surface area contributed by atoms with Gasteiger partial charge >= 0.3 is 0 Å². The third-order valence-electron chi connectivity index (χ3n) is 4.30. The summed E-state index contributed by atoms with van der Waals surface area (Å²) < 4.78 is 1.85. The molecule has 5 heteroatoms. The average Bonchev–Trinajstić information content (AvgIpc) is 2.79. The molecule has 2 aromatic heterocycles. The van der Waals surface area contributed by atoms with Crippen LogP contribution in [0.4, 0.5) is 0 Å². The van der Waals surface area contributed by atoms with E-state index < -0.39 is 0 Å². The lowest BCUT2D eigenvalue weighted by Crippen LogP contribution is -2.35. The minimum absolute atomic E-state index is 0.880. The molecule has 5 nitrogen and oxygen atoms in total. The number of likely N-dealkylation sites (tertiary alicyclic amines) is 1. The quantitative estimate of drug-likeness (QED) is 0.853. The summed E-state index contributed by atoms with van der Waals surface area (Å²) >= 11 is 0. The van der Waals surface area contributed by atoms with Gasteiger partial charge in [0.2, 0.25) is 0 Å². The molecule has 0 atom stereocenters. The third kappa shape index (κ3) is 3.41. The summed E-state index contributed by atoms with van der Waals surface area (Å²) in [6, 6.07) is 2.21. The summed E-state index contributed by atoms with van der Waals surface area (Å²) in [5.74, 6) is 0. The number of piperidine rings is 1. The summed E-state index contributed by atoms with van der Waals surface area (Å²) in [7, 11) is 1.94. The van der Waals surface area contributed by atoms with Gasteiger partial charge in [-0.05, 0) is 44.5 Å². The van der Waals surface area contributed by atoms with Crippen molar-refractivity contribution in [2.45, 2.75) is 32.7 Å². The van der Waals surface area contributed by atoms with Gasteiger partial charge < -0.3 is 10.2 Å². The summed E-state index contributed by atoms with van der Waals surface area (Å²) in [6.45, 7) is 7.66. The second kappa shape index (κ2) is 6.54. The van der Waals surface area contributed by atoms with Crippen LogP contribution in [-0.4, -0.2) is 45.8 Å². The highest BCUT2D eigenvalue weighted by Crippen LogP contribution is 2.16. The van der Waals surface area contributed by atoms with E-state index in [1.807, 2.05) is 24.9 Å². The van der Waals surface area contributed by atoms with Crippen LogP contribution in [0, 0.1) is 6.92 Å². The van der Waals surface area contributed by atoms with Crippen molar-refractivity contribution in [3.8, 4) is 0 Å². The van der Waals surface area contributed by atoms with E-state index in [0.29, 0.717) is 0 Å². The molecular formula is C16H25N5. The van der Waals surface area contributed by atoms with Crippen LogP contribution in [0.2, 0.25) is 0 Å². The molecule has 0 unspecified atom stereocenters. The first-order chi connectivity index (χ1) is 10.2. The molecule has 1 N–H and O–H groups in total. The predicted molar refractivity (Wildman–Crippen MR) is 85.2 cm³/mol. The van der Waals surface area contributed by atoms with Gasteiger partial charge in [0.25, 0.3) is 0 Å². The van der Waals surface area contributed by atoms with Crippen LogP contribution in [0.3, 0.4) is 0 Å².